The molecule has 0 bridgehead atoms. The molecule has 1 heterocycles. The van der Waals surface area contributed by atoms with Crippen LogP contribution in [0.4, 0.5) is 11.7 Å². The number of anilines is 1. The molecule has 0 unspecified atom stereocenters. The summed E-state index contributed by atoms with van der Waals surface area (Å²) in [5.41, 5.74) is 2.32. The van der Waals surface area contributed by atoms with Gasteiger partial charge in [0, 0.05) is 24.7 Å². The standard InChI is InChI=1S/C26H25N3O6/c1-17-19(7-6-9-22(17)29(32)33)16-28(25-27-21-8-4-5-10-23(21)34-25)15-18-11-13-20(14-12-18)35-26(2,3)24(30)31/h4-14H,15-16H2,1-3H3,(H,30,31). The maximum atomic E-state index is 11.4. The summed E-state index contributed by atoms with van der Waals surface area (Å²) in [4.78, 5) is 28.9. The minimum atomic E-state index is -1.36. The van der Waals surface area contributed by atoms with E-state index in [9.17, 15) is 20.0 Å². The van der Waals surface area contributed by atoms with E-state index in [0.717, 1.165) is 11.1 Å². The van der Waals surface area contributed by atoms with Crippen LogP contribution in [-0.2, 0) is 17.9 Å². The number of rotatable bonds is 9. The zero-order valence-electron chi connectivity index (χ0n) is 19.6. The highest BCUT2D eigenvalue weighted by atomic mass is 16.6. The summed E-state index contributed by atoms with van der Waals surface area (Å²) >= 11 is 0. The number of nitro benzene ring substituents is 1. The Labute approximate surface area is 201 Å². The average molecular weight is 476 g/mol. The van der Waals surface area contributed by atoms with Crippen LogP contribution in [-0.4, -0.2) is 26.6 Å². The summed E-state index contributed by atoms with van der Waals surface area (Å²) in [6, 6.07) is 19.9. The van der Waals surface area contributed by atoms with Crippen molar-refractivity contribution in [1.29, 1.82) is 0 Å². The molecule has 0 aliphatic heterocycles. The van der Waals surface area contributed by atoms with E-state index in [2.05, 4.69) is 4.98 Å². The van der Waals surface area contributed by atoms with E-state index < -0.39 is 11.6 Å². The summed E-state index contributed by atoms with van der Waals surface area (Å²) in [5.74, 6) is -0.625. The van der Waals surface area contributed by atoms with Gasteiger partial charge in [0.15, 0.2) is 11.2 Å². The van der Waals surface area contributed by atoms with Gasteiger partial charge in [-0.05, 0) is 56.2 Å². The fourth-order valence-corrected chi connectivity index (χ4v) is 3.65. The molecular formula is C26H25N3O6. The maximum absolute atomic E-state index is 11.4. The second-order valence-electron chi connectivity index (χ2n) is 8.70. The number of carbonyl (C=O) groups is 1. The number of aromatic nitrogens is 1. The van der Waals surface area contributed by atoms with Crippen LogP contribution in [0.2, 0.25) is 0 Å². The second-order valence-corrected chi connectivity index (χ2v) is 8.70. The van der Waals surface area contributed by atoms with E-state index in [4.69, 9.17) is 9.15 Å². The molecule has 0 spiro atoms. The number of benzene rings is 3. The fraction of sp³-hybridized carbons (Fsp3) is 0.231. The Bertz CT molecular complexity index is 1340. The van der Waals surface area contributed by atoms with Crippen LogP contribution >= 0.6 is 0 Å². The Morgan fingerprint density at radius 3 is 2.46 bits per heavy atom. The SMILES string of the molecule is Cc1c(CN(Cc2ccc(OC(C)(C)C(=O)O)cc2)c2nc3ccccc3o2)cccc1[N+](=O)[O-]. The van der Waals surface area contributed by atoms with Crippen molar-refractivity contribution < 1.29 is 24.0 Å². The topological polar surface area (TPSA) is 119 Å². The lowest BCUT2D eigenvalue weighted by molar-refractivity contribution is -0.385. The van der Waals surface area contributed by atoms with Crippen LogP contribution in [0.1, 0.15) is 30.5 Å². The van der Waals surface area contributed by atoms with Crippen LogP contribution in [0.15, 0.2) is 71.1 Å². The molecule has 9 nitrogen and oxygen atoms in total. The summed E-state index contributed by atoms with van der Waals surface area (Å²) in [7, 11) is 0. The summed E-state index contributed by atoms with van der Waals surface area (Å²) in [6.45, 7) is 5.44. The Hall–Kier alpha value is -4.40. The molecule has 0 atom stereocenters. The van der Waals surface area contributed by atoms with Gasteiger partial charge in [-0.3, -0.25) is 10.1 Å². The predicted octanol–water partition coefficient (Wildman–Crippen LogP) is 5.49. The first-order valence-electron chi connectivity index (χ1n) is 11.0. The van der Waals surface area contributed by atoms with Gasteiger partial charge in [-0.2, -0.15) is 4.98 Å². The molecular weight excluding hydrogens is 450 g/mol. The molecule has 0 amide bonds. The Kier molecular flexibility index (Phi) is 6.42. The molecule has 1 aromatic heterocycles. The summed E-state index contributed by atoms with van der Waals surface area (Å²) < 4.78 is 11.6. The van der Waals surface area contributed by atoms with Gasteiger partial charge in [0.05, 0.1) is 4.92 Å². The highest BCUT2D eigenvalue weighted by Crippen LogP contribution is 2.28. The Morgan fingerprint density at radius 1 is 1.09 bits per heavy atom. The third kappa shape index (κ3) is 5.24. The Morgan fingerprint density at radius 2 is 1.80 bits per heavy atom. The number of nitro groups is 1. The predicted molar refractivity (Wildman–Crippen MR) is 131 cm³/mol. The molecule has 0 fully saturated rings. The third-order valence-corrected chi connectivity index (χ3v) is 5.71. The van der Waals surface area contributed by atoms with Gasteiger partial charge >= 0.3 is 5.97 Å². The van der Waals surface area contributed by atoms with Crippen LogP contribution in [0.25, 0.3) is 11.1 Å². The first-order chi connectivity index (χ1) is 16.6. The molecule has 0 aliphatic rings. The summed E-state index contributed by atoms with van der Waals surface area (Å²) in [5, 5.41) is 20.7. The zero-order valence-corrected chi connectivity index (χ0v) is 19.6. The smallest absolute Gasteiger partial charge is 0.347 e. The number of nitrogens with zero attached hydrogens (tertiary/aromatic N) is 3. The lowest BCUT2D eigenvalue weighted by Crippen LogP contribution is -2.37. The number of aliphatic carboxylic acids is 1. The van der Waals surface area contributed by atoms with Crippen molar-refractivity contribution in [2.24, 2.45) is 0 Å². The number of fused-ring (bicyclic) bond motifs is 1. The molecule has 0 radical (unpaired) electrons. The number of carboxylic acid groups (broad SMARTS) is 1. The Balaban J connectivity index is 1.64. The van der Waals surface area contributed by atoms with Crippen LogP contribution in [0.5, 0.6) is 5.75 Å². The fourth-order valence-electron chi connectivity index (χ4n) is 3.65. The number of oxazole rings is 1. The van der Waals surface area contributed by atoms with E-state index in [1.165, 1.54) is 19.9 Å². The maximum Gasteiger partial charge on any atom is 0.347 e. The lowest BCUT2D eigenvalue weighted by Gasteiger charge is -2.23. The van der Waals surface area contributed by atoms with Gasteiger partial charge in [0.2, 0.25) is 0 Å². The molecule has 0 aliphatic carbocycles. The molecule has 0 saturated carbocycles. The highest BCUT2D eigenvalue weighted by molar-refractivity contribution is 5.77. The van der Waals surface area contributed by atoms with Crippen molar-refractivity contribution in [3.8, 4) is 5.75 Å². The van der Waals surface area contributed by atoms with Crippen LogP contribution in [0.3, 0.4) is 0 Å². The van der Waals surface area contributed by atoms with Gasteiger partial charge in [-0.15, -0.1) is 0 Å². The summed E-state index contributed by atoms with van der Waals surface area (Å²) in [6.07, 6.45) is 0. The number of hydrogen-bond donors (Lipinski definition) is 1. The number of hydrogen-bond acceptors (Lipinski definition) is 7. The number of ether oxygens (including phenoxy) is 1. The average Bonchev–Trinajstić information content (AvgIpc) is 3.25. The first kappa shape index (κ1) is 23.7. The van der Waals surface area contributed by atoms with Gasteiger partial charge in [0.25, 0.3) is 11.7 Å². The van der Waals surface area contributed by atoms with Crippen molar-refractivity contribution in [2.75, 3.05) is 4.90 Å². The van der Waals surface area contributed by atoms with Crippen molar-refractivity contribution in [1.82, 2.24) is 4.98 Å². The van der Waals surface area contributed by atoms with Crippen LogP contribution < -0.4 is 9.64 Å². The van der Waals surface area contributed by atoms with Gasteiger partial charge in [0.1, 0.15) is 11.3 Å². The first-order valence-corrected chi connectivity index (χ1v) is 11.0. The van der Waals surface area contributed by atoms with E-state index in [1.807, 2.05) is 47.4 Å². The molecule has 9 heteroatoms. The normalized spacial score (nSPS) is 11.4. The molecule has 0 saturated heterocycles. The van der Waals surface area contributed by atoms with E-state index in [0.29, 0.717) is 41.5 Å². The molecule has 3 aromatic carbocycles. The molecule has 1 N–H and O–H groups in total. The number of para-hydroxylation sites is 2. The highest BCUT2D eigenvalue weighted by Gasteiger charge is 2.29. The van der Waals surface area contributed by atoms with Crippen molar-refractivity contribution in [2.45, 2.75) is 39.5 Å². The number of carboxylic acids is 1. The molecule has 35 heavy (non-hydrogen) atoms. The molecule has 4 aromatic rings. The molecule has 4 rings (SSSR count). The quantitative estimate of drug-likeness (QED) is 0.249. The van der Waals surface area contributed by atoms with Gasteiger partial charge in [-0.25, -0.2) is 4.79 Å². The lowest BCUT2D eigenvalue weighted by atomic mass is 10.1. The monoisotopic (exact) mass is 475 g/mol. The van der Waals surface area contributed by atoms with Crippen molar-refractivity contribution in [3.05, 3.63) is 93.5 Å². The van der Waals surface area contributed by atoms with Crippen molar-refractivity contribution in [3.63, 3.8) is 0 Å². The minimum Gasteiger partial charge on any atom is -0.478 e. The van der Waals surface area contributed by atoms with Gasteiger partial charge in [-0.1, -0.05) is 36.4 Å². The van der Waals surface area contributed by atoms with E-state index >= 15 is 0 Å². The van der Waals surface area contributed by atoms with Crippen molar-refractivity contribution >= 4 is 28.8 Å². The minimum absolute atomic E-state index is 0.0579. The van der Waals surface area contributed by atoms with Gasteiger partial charge < -0.3 is 19.2 Å². The molecule has 180 valence electrons. The second kappa shape index (κ2) is 9.46. The van der Waals surface area contributed by atoms with E-state index in [-0.39, 0.29) is 10.6 Å². The zero-order chi connectivity index (χ0) is 25.2. The van der Waals surface area contributed by atoms with E-state index in [1.54, 1.807) is 25.1 Å². The third-order valence-electron chi connectivity index (χ3n) is 5.71. The van der Waals surface area contributed by atoms with Crippen LogP contribution in [0, 0.1) is 17.0 Å². The largest absolute Gasteiger partial charge is 0.478 e.